The summed E-state index contributed by atoms with van der Waals surface area (Å²) in [6.45, 7) is 19.2. The molecule has 10 heteroatoms. The van der Waals surface area contributed by atoms with Crippen molar-refractivity contribution >= 4 is 30.1 Å². The van der Waals surface area contributed by atoms with Gasteiger partial charge in [-0.2, -0.15) is 13.2 Å². The zero-order chi connectivity index (χ0) is 32.9. The van der Waals surface area contributed by atoms with Crippen molar-refractivity contribution in [2.45, 2.75) is 66.7 Å². The van der Waals surface area contributed by atoms with E-state index in [0.29, 0.717) is 35.3 Å². The van der Waals surface area contributed by atoms with E-state index in [0.717, 1.165) is 24.7 Å². The first-order chi connectivity index (χ1) is 20.9. The number of hydrogen-bond acceptors (Lipinski definition) is 6. The molecule has 1 aromatic heterocycles. The highest BCUT2D eigenvalue weighted by Crippen LogP contribution is 2.34. The molecule has 1 aliphatic heterocycles. The Labute approximate surface area is 259 Å². The minimum atomic E-state index is -4.57. The van der Waals surface area contributed by atoms with Crippen molar-refractivity contribution in [1.29, 1.82) is 0 Å². The molecule has 0 saturated carbocycles. The summed E-state index contributed by atoms with van der Waals surface area (Å²) in [5, 5.41) is 7.26. The summed E-state index contributed by atoms with van der Waals surface area (Å²) in [5.74, 6) is -0.0488. The summed E-state index contributed by atoms with van der Waals surface area (Å²) >= 11 is 0. The molecule has 0 bridgehead atoms. The van der Waals surface area contributed by atoms with E-state index in [9.17, 15) is 18.0 Å². The van der Waals surface area contributed by atoms with E-state index in [4.69, 9.17) is 0 Å². The van der Waals surface area contributed by atoms with E-state index in [-0.39, 0.29) is 23.7 Å². The van der Waals surface area contributed by atoms with Gasteiger partial charge in [0.05, 0.1) is 28.5 Å². The predicted molar refractivity (Wildman–Crippen MR) is 175 cm³/mol. The third kappa shape index (κ3) is 10.7. The van der Waals surface area contributed by atoms with Crippen LogP contribution in [-0.4, -0.2) is 58.9 Å². The van der Waals surface area contributed by atoms with Gasteiger partial charge >= 0.3 is 6.18 Å². The van der Waals surface area contributed by atoms with E-state index >= 15 is 0 Å². The van der Waals surface area contributed by atoms with Gasteiger partial charge < -0.3 is 15.5 Å². The van der Waals surface area contributed by atoms with Gasteiger partial charge in [0.25, 0.3) is 5.91 Å². The molecule has 1 atom stereocenters. The van der Waals surface area contributed by atoms with Gasteiger partial charge in [-0.1, -0.05) is 65.0 Å². The molecule has 240 valence electrons. The van der Waals surface area contributed by atoms with Crippen LogP contribution in [0.1, 0.15) is 81.1 Å². The Kier molecular flexibility index (Phi) is 14.5. The van der Waals surface area contributed by atoms with Crippen LogP contribution in [0.15, 0.2) is 48.7 Å². The fourth-order valence-electron chi connectivity index (χ4n) is 4.51. The monoisotopic (exact) mass is 612 g/mol. The maximum atomic E-state index is 13.9. The number of carbonyl (C=O) groups is 1. The molecule has 1 amide bonds. The van der Waals surface area contributed by atoms with Gasteiger partial charge in [-0.05, 0) is 56.3 Å². The quantitative estimate of drug-likeness (QED) is 0.325. The number of nitrogens with one attached hydrogen (secondary N) is 2. The van der Waals surface area contributed by atoms with Crippen molar-refractivity contribution in [2.24, 2.45) is 0 Å². The van der Waals surface area contributed by atoms with Gasteiger partial charge in [-0.15, -0.1) is 0 Å². The Morgan fingerprint density at radius 2 is 1.75 bits per heavy atom. The van der Waals surface area contributed by atoms with Gasteiger partial charge in [0.15, 0.2) is 0 Å². The van der Waals surface area contributed by atoms with Crippen LogP contribution in [0.2, 0.25) is 0 Å². The molecule has 4 rings (SSSR count). The average Bonchev–Trinajstić information content (AvgIpc) is 2.99. The van der Waals surface area contributed by atoms with E-state index in [1.807, 2.05) is 51.8 Å². The van der Waals surface area contributed by atoms with Gasteiger partial charge in [-0.25, -0.2) is 4.98 Å². The van der Waals surface area contributed by atoms with Crippen LogP contribution >= 0.6 is 0 Å². The molecule has 7 nitrogen and oxygen atoms in total. The molecule has 0 radical (unpaired) electrons. The summed E-state index contributed by atoms with van der Waals surface area (Å²) in [5.41, 5.74) is 0.667. The van der Waals surface area contributed by atoms with E-state index in [1.54, 1.807) is 24.4 Å². The topological polar surface area (TPSA) is 73.4 Å². The summed E-state index contributed by atoms with van der Waals surface area (Å²) in [6.07, 6.45) is 0.134. The highest BCUT2D eigenvalue weighted by molar-refractivity contribution is 6.04. The molecule has 1 fully saturated rings. The minimum absolute atomic E-state index is 0.0490. The molecule has 1 unspecified atom stereocenters. The Bertz CT molecular complexity index is 1450. The predicted octanol–water partition coefficient (Wildman–Crippen LogP) is 6.32. The number of alkyl halides is 3. The van der Waals surface area contributed by atoms with Crippen LogP contribution in [0.5, 0.6) is 0 Å². The molecule has 1 saturated heterocycles. The largest absolute Gasteiger partial charge is 0.416 e. The Balaban J connectivity index is 0.00000127. The van der Waals surface area contributed by atoms with Crippen LogP contribution in [0.25, 0.3) is 12.7 Å². The second-order valence-electron chi connectivity index (χ2n) is 10.5. The Morgan fingerprint density at radius 3 is 2.34 bits per heavy atom. The maximum absolute atomic E-state index is 13.9. The number of benzene rings is 2. The molecular weight excluding hydrogens is 565 g/mol. The normalized spacial score (nSPS) is 14.9. The molecular formula is C34H47F3N6O. The average molecular weight is 613 g/mol. The van der Waals surface area contributed by atoms with Crippen molar-refractivity contribution in [3.8, 4) is 0 Å². The van der Waals surface area contributed by atoms with Crippen LogP contribution < -0.4 is 21.3 Å². The number of amides is 1. The molecule has 2 N–H and O–H groups in total. The second-order valence-corrected chi connectivity index (χ2v) is 10.5. The lowest BCUT2D eigenvalue weighted by Gasteiger charge is -2.33. The zero-order valence-electron chi connectivity index (χ0n) is 27.1. The number of rotatable bonds is 7. The summed E-state index contributed by atoms with van der Waals surface area (Å²) in [6, 6.07) is 10.8. The number of nitrogens with zero attached hydrogens (tertiary/aromatic N) is 4. The van der Waals surface area contributed by atoms with Gasteiger partial charge in [0, 0.05) is 44.0 Å². The Hall–Kier alpha value is -3.76. The highest BCUT2D eigenvalue weighted by Gasteiger charge is 2.34. The van der Waals surface area contributed by atoms with Gasteiger partial charge in [-0.3, -0.25) is 14.7 Å². The summed E-state index contributed by atoms with van der Waals surface area (Å²) in [7, 11) is 2.00. The lowest BCUT2D eigenvalue weighted by Crippen LogP contribution is -2.44. The third-order valence-corrected chi connectivity index (χ3v) is 6.83. The zero-order valence-corrected chi connectivity index (χ0v) is 27.1. The number of piperazine rings is 1. The molecule has 0 spiro atoms. The van der Waals surface area contributed by atoms with Crippen molar-refractivity contribution < 1.29 is 18.0 Å². The van der Waals surface area contributed by atoms with Crippen LogP contribution in [-0.2, 0) is 12.7 Å². The standard InChI is InChI=1S/C29H33F3N6O.C3H8.C2H6/c1-5-26-20(3)35-27(17-33-26)34-19(2)21-7-6-8-24(15-21)36-28(39)22-9-10-23(25(16-22)29(30,31)32)18-38-13-11-37(4)12-14-38;1-3-2;1-2/h5-10,15-17,19H,3,11-14,18H2,1-2,4H3,(H,34,35)(H,36,39);3H2,1-2H3;1-2H3/b26-5+;;. The first kappa shape index (κ1) is 36.4. The van der Waals surface area contributed by atoms with Crippen molar-refractivity contribution in [3.63, 3.8) is 0 Å². The number of carbonyl (C=O) groups excluding carboxylic acids is 1. The van der Waals surface area contributed by atoms with Crippen molar-refractivity contribution in [2.75, 3.05) is 43.9 Å². The Morgan fingerprint density at radius 1 is 1.09 bits per heavy atom. The third-order valence-electron chi connectivity index (χ3n) is 6.83. The van der Waals surface area contributed by atoms with Gasteiger partial charge in [0.2, 0.25) is 0 Å². The number of aromatic nitrogens is 2. The number of hydrogen-bond donors (Lipinski definition) is 2. The van der Waals surface area contributed by atoms with Crippen molar-refractivity contribution in [1.82, 2.24) is 19.8 Å². The smallest absolute Gasteiger partial charge is 0.362 e. The van der Waals surface area contributed by atoms with E-state index in [2.05, 4.69) is 45.9 Å². The second kappa shape index (κ2) is 17.5. The minimum Gasteiger partial charge on any atom is -0.362 e. The fourth-order valence-corrected chi connectivity index (χ4v) is 4.51. The van der Waals surface area contributed by atoms with Crippen LogP contribution in [0.3, 0.4) is 0 Å². The molecule has 0 aliphatic carbocycles. The first-order valence-corrected chi connectivity index (χ1v) is 15.2. The molecule has 44 heavy (non-hydrogen) atoms. The lowest BCUT2D eigenvalue weighted by molar-refractivity contribution is -0.138. The fraction of sp³-hybridized carbons (Fsp3) is 0.441. The van der Waals surface area contributed by atoms with E-state index in [1.165, 1.54) is 18.6 Å². The SMILES string of the molecule is C=c1nc(NC(C)c2cccc(NC(=O)c3ccc(CN4CCN(C)CC4)c(C(F)(F)F)c3)c2)cn/c1=C/C.CC.CCC. The molecule has 3 aromatic rings. The summed E-state index contributed by atoms with van der Waals surface area (Å²) in [4.78, 5) is 25.8. The lowest BCUT2D eigenvalue weighted by atomic mass is 10.0. The molecule has 2 heterocycles. The van der Waals surface area contributed by atoms with Gasteiger partial charge in [0.1, 0.15) is 5.82 Å². The number of anilines is 2. The van der Waals surface area contributed by atoms with E-state index < -0.39 is 17.6 Å². The van der Waals surface area contributed by atoms with Crippen LogP contribution in [0.4, 0.5) is 24.7 Å². The molecule has 1 aliphatic rings. The number of halogens is 3. The maximum Gasteiger partial charge on any atom is 0.416 e. The molecule has 2 aromatic carbocycles. The first-order valence-electron chi connectivity index (χ1n) is 15.2. The summed E-state index contributed by atoms with van der Waals surface area (Å²) < 4.78 is 41.8. The van der Waals surface area contributed by atoms with Crippen molar-refractivity contribution in [3.05, 3.63) is 81.6 Å². The van der Waals surface area contributed by atoms with Crippen LogP contribution in [0, 0.1) is 0 Å². The number of likely N-dealkylation sites (N-methyl/N-ethyl adjacent to an activating group) is 1. The highest BCUT2D eigenvalue weighted by atomic mass is 19.4.